The second-order valence-corrected chi connectivity index (χ2v) is 7.45. The van der Waals surface area contributed by atoms with Crippen LogP contribution >= 0.6 is 0 Å². The maximum absolute atomic E-state index is 4.56. The number of nitrogens with zero attached hydrogens (tertiary/aromatic N) is 3. The number of hydrogen-bond donors (Lipinski definition) is 2. The Kier molecular flexibility index (Phi) is 4.01. The lowest BCUT2D eigenvalue weighted by molar-refractivity contribution is 0.799. The molecule has 1 aliphatic rings. The first-order chi connectivity index (χ1) is 13.7. The van der Waals surface area contributed by atoms with Crippen molar-refractivity contribution in [3.05, 3.63) is 71.8 Å². The van der Waals surface area contributed by atoms with E-state index >= 15 is 0 Å². The van der Waals surface area contributed by atoms with Crippen molar-refractivity contribution in [2.24, 2.45) is 0 Å². The van der Waals surface area contributed by atoms with Gasteiger partial charge in [-0.1, -0.05) is 18.2 Å². The van der Waals surface area contributed by atoms with Crippen LogP contribution < -0.4 is 10.2 Å². The highest BCUT2D eigenvalue weighted by molar-refractivity contribution is 5.90. The van der Waals surface area contributed by atoms with Crippen molar-refractivity contribution in [3.8, 4) is 0 Å². The highest BCUT2D eigenvalue weighted by Crippen LogP contribution is 2.43. The molecule has 2 aromatic heterocycles. The van der Waals surface area contributed by atoms with Crippen LogP contribution in [0.25, 0.3) is 10.9 Å². The lowest BCUT2D eigenvalue weighted by Crippen LogP contribution is -2.25. The minimum atomic E-state index is 0.903. The van der Waals surface area contributed by atoms with Gasteiger partial charge in [-0.05, 0) is 61.6 Å². The molecule has 0 atom stereocenters. The van der Waals surface area contributed by atoms with Gasteiger partial charge in [0.15, 0.2) is 5.82 Å². The van der Waals surface area contributed by atoms with Gasteiger partial charge >= 0.3 is 0 Å². The monoisotopic (exact) mass is 369 g/mol. The summed E-state index contributed by atoms with van der Waals surface area (Å²) >= 11 is 0. The maximum atomic E-state index is 4.56. The molecule has 140 valence electrons. The van der Waals surface area contributed by atoms with Crippen LogP contribution in [-0.4, -0.2) is 21.5 Å². The number of aryl methyl sites for hydroxylation is 3. The number of H-pyrrole nitrogens is 1. The SMILES string of the molecule is Cc1cc2c(cc1C)N(CCCc1c[nH]c3ccccc13)c1ncncc1N2. The Balaban J connectivity index is 1.44. The molecule has 28 heavy (non-hydrogen) atoms. The van der Waals surface area contributed by atoms with Gasteiger partial charge in [0.2, 0.25) is 0 Å². The summed E-state index contributed by atoms with van der Waals surface area (Å²) in [4.78, 5) is 14.5. The van der Waals surface area contributed by atoms with Crippen molar-refractivity contribution in [1.29, 1.82) is 0 Å². The molecule has 0 saturated carbocycles. The first kappa shape index (κ1) is 16.8. The van der Waals surface area contributed by atoms with Crippen LogP contribution in [0, 0.1) is 13.8 Å². The highest BCUT2D eigenvalue weighted by atomic mass is 15.3. The molecule has 0 aliphatic carbocycles. The zero-order chi connectivity index (χ0) is 19.1. The van der Waals surface area contributed by atoms with Gasteiger partial charge in [-0.2, -0.15) is 0 Å². The Morgan fingerprint density at radius 2 is 1.89 bits per heavy atom. The van der Waals surface area contributed by atoms with Crippen molar-refractivity contribution in [1.82, 2.24) is 15.0 Å². The first-order valence-electron chi connectivity index (χ1n) is 9.71. The van der Waals surface area contributed by atoms with E-state index < -0.39 is 0 Å². The van der Waals surface area contributed by atoms with E-state index in [2.05, 4.69) is 81.6 Å². The molecular weight excluding hydrogens is 346 g/mol. The molecule has 0 bridgehead atoms. The van der Waals surface area contributed by atoms with Crippen molar-refractivity contribution in [2.75, 3.05) is 16.8 Å². The largest absolute Gasteiger partial charge is 0.361 e. The zero-order valence-electron chi connectivity index (χ0n) is 16.2. The smallest absolute Gasteiger partial charge is 0.160 e. The van der Waals surface area contributed by atoms with Crippen LogP contribution in [0.1, 0.15) is 23.1 Å². The molecule has 5 nitrogen and oxygen atoms in total. The number of hydrogen-bond acceptors (Lipinski definition) is 4. The first-order valence-corrected chi connectivity index (χ1v) is 9.71. The predicted octanol–water partition coefficient (Wildman–Crippen LogP) is 5.40. The molecule has 0 radical (unpaired) electrons. The summed E-state index contributed by atoms with van der Waals surface area (Å²) < 4.78 is 0. The fraction of sp³-hybridized carbons (Fsp3) is 0.217. The van der Waals surface area contributed by atoms with Gasteiger partial charge in [-0.3, -0.25) is 0 Å². The molecule has 3 heterocycles. The third kappa shape index (κ3) is 2.80. The van der Waals surface area contributed by atoms with Gasteiger partial charge in [0, 0.05) is 23.6 Å². The van der Waals surface area contributed by atoms with Crippen molar-refractivity contribution in [2.45, 2.75) is 26.7 Å². The van der Waals surface area contributed by atoms with E-state index in [-0.39, 0.29) is 0 Å². The van der Waals surface area contributed by atoms with Crippen molar-refractivity contribution < 1.29 is 0 Å². The molecule has 2 N–H and O–H groups in total. The maximum Gasteiger partial charge on any atom is 0.160 e. The van der Waals surface area contributed by atoms with Crippen LogP contribution in [0.5, 0.6) is 0 Å². The number of anilines is 4. The number of aromatic nitrogens is 3. The summed E-state index contributed by atoms with van der Waals surface area (Å²) in [5.74, 6) is 0.949. The van der Waals surface area contributed by atoms with E-state index in [0.717, 1.165) is 36.6 Å². The summed E-state index contributed by atoms with van der Waals surface area (Å²) in [5, 5.41) is 4.81. The number of benzene rings is 2. The molecule has 5 rings (SSSR count). The Morgan fingerprint density at radius 1 is 1.04 bits per heavy atom. The summed E-state index contributed by atoms with van der Waals surface area (Å²) in [5.41, 5.74) is 8.42. The quantitative estimate of drug-likeness (QED) is 0.505. The van der Waals surface area contributed by atoms with Gasteiger partial charge < -0.3 is 15.2 Å². The lowest BCUT2D eigenvalue weighted by Gasteiger charge is -2.33. The number of para-hydroxylation sites is 1. The average molecular weight is 369 g/mol. The fourth-order valence-electron chi connectivity index (χ4n) is 4.00. The molecule has 0 fully saturated rings. The van der Waals surface area contributed by atoms with E-state index in [9.17, 15) is 0 Å². The number of nitrogens with one attached hydrogen (secondary N) is 2. The lowest BCUT2D eigenvalue weighted by atomic mass is 10.0. The molecule has 5 heteroatoms. The predicted molar refractivity (Wildman–Crippen MR) is 115 cm³/mol. The van der Waals surface area contributed by atoms with Gasteiger partial charge in [0.25, 0.3) is 0 Å². The molecule has 0 saturated heterocycles. The van der Waals surface area contributed by atoms with E-state index in [1.807, 2.05) is 6.20 Å². The molecule has 2 aromatic carbocycles. The van der Waals surface area contributed by atoms with Crippen LogP contribution in [0.15, 0.2) is 55.1 Å². The second kappa shape index (κ2) is 6.68. The van der Waals surface area contributed by atoms with Crippen molar-refractivity contribution in [3.63, 3.8) is 0 Å². The number of rotatable bonds is 4. The minimum Gasteiger partial charge on any atom is -0.361 e. The summed E-state index contributed by atoms with van der Waals surface area (Å²) in [6.07, 6.45) is 7.68. The van der Waals surface area contributed by atoms with Crippen LogP contribution in [0.4, 0.5) is 22.9 Å². The van der Waals surface area contributed by atoms with E-state index in [1.54, 1.807) is 6.33 Å². The molecule has 0 unspecified atom stereocenters. The van der Waals surface area contributed by atoms with Gasteiger partial charge in [0.1, 0.15) is 12.0 Å². The van der Waals surface area contributed by atoms with Crippen molar-refractivity contribution >= 4 is 33.8 Å². The highest BCUT2D eigenvalue weighted by Gasteiger charge is 2.24. The normalized spacial score (nSPS) is 12.6. The Bertz CT molecular complexity index is 1160. The zero-order valence-corrected chi connectivity index (χ0v) is 16.2. The standard InChI is InChI=1S/C23H23N5/c1-15-10-20-22(11-16(15)2)28(23-21(27-20)13-24-14-26-23)9-5-6-17-12-25-19-8-4-3-7-18(17)19/h3-4,7-8,10-14,25,27H,5-6,9H2,1-2H3. The third-order valence-electron chi connectivity index (χ3n) is 5.62. The molecule has 1 aliphatic heterocycles. The topological polar surface area (TPSA) is 56.8 Å². The van der Waals surface area contributed by atoms with Gasteiger partial charge in [0.05, 0.1) is 17.6 Å². The second-order valence-electron chi connectivity index (χ2n) is 7.45. The van der Waals surface area contributed by atoms with Gasteiger partial charge in [-0.15, -0.1) is 0 Å². The van der Waals surface area contributed by atoms with E-state index in [0.29, 0.717) is 0 Å². The third-order valence-corrected chi connectivity index (χ3v) is 5.62. The fourth-order valence-corrected chi connectivity index (χ4v) is 4.00. The van der Waals surface area contributed by atoms with Crippen LogP contribution in [0.2, 0.25) is 0 Å². The molecular formula is C23H23N5. The summed E-state index contributed by atoms with van der Waals surface area (Å²) in [6.45, 7) is 5.21. The Morgan fingerprint density at radius 3 is 2.82 bits per heavy atom. The number of aromatic amines is 1. The van der Waals surface area contributed by atoms with E-state index in [1.165, 1.54) is 33.3 Å². The Hall–Kier alpha value is -3.34. The van der Waals surface area contributed by atoms with Crippen LogP contribution in [-0.2, 0) is 6.42 Å². The Labute approximate surface area is 164 Å². The summed E-state index contributed by atoms with van der Waals surface area (Å²) in [7, 11) is 0. The minimum absolute atomic E-state index is 0.903. The molecule has 0 spiro atoms. The molecule has 0 amide bonds. The van der Waals surface area contributed by atoms with E-state index in [4.69, 9.17) is 0 Å². The molecule has 4 aromatic rings. The van der Waals surface area contributed by atoms with Crippen LogP contribution in [0.3, 0.4) is 0 Å². The summed E-state index contributed by atoms with van der Waals surface area (Å²) in [6, 6.07) is 13.0. The average Bonchev–Trinajstić information content (AvgIpc) is 3.12. The van der Waals surface area contributed by atoms with Gasteiger partial charge in [-0.25, -0.2) is 9.97 Å². The number of fused-ring (bicyclic) bond motifs is 3.